The molecule has 1 fully saturated rings. The molecule has 0 aliphatic carbocycles. The van der Waals surface area contributed by atoms with E-state index in [1.165, 1.54) is 0 Å². The Hall–Kier alpha value is -1.50. The van der Waals surface area contributed by atoms with E-state index in [4.69, 9.17) is 14.2 Å². The van der Waals surface area contributed by atoms with Crippen molar-refractivity contribution in [2.75, 3.05) is 26.4 Å². The smallest absolute Gasteiger partial charge is 0.240 e. The number of hydrogen-bond donors (Lipinski definition) is 2. The molecule has 1 unspecified atom stereocenters. The molecule has 1 amide bonds. The zero-order chi connectivity index (χ0) is 15.5. The van der Waals surface area contributed by atoms with Crippen LogP contribution in [0.25, 0.3) is 0 Å². The molecule has 2 heterocycles. The van der Waals surface area contributed by atoms with Gasteiger partial charge in [-0.2, -0.15) is 0 Å². The number of benzene rings is 1. The SMILES string of the molecule is CC(NC(=O)[C@H]1NCCO[C@@H]1C)c1ccc2c(c1)OCCO2.Cl. The molecule has 1 saturated heterocycles. The van der Waals surface area contributed by atoms with E-state index in [1.54, 1.807) is 0 Å². The van der Waals surface area contributed by atoms with Crippen molar-refractivity contribution in [1.29, 1.82) is 0 Å². The largest absolute Gasteiger partial charge is 0.486 e. The van der Waals surface area contributed by atoms with Crippen molar-refractivity contribution in [3.63, 3.8) is 0 Å². The summed E-state index contributed by atoms with van der Waals surface area (Å²) in [6.07, 6.45) is -0.124. The maximum atomic E-state index is 12.4. The van der Waals surface area contributed by atoms with Gasteiger partial charge in [0, 0.05) is 6.54 Å². The Morgan fingerprint density at radius 2 is 2.00 bits per heavy atom. The van der Waals surface area contributed by atoms with E-state index in [0.29, 0.717) is 26.4 Å². The molecular formula is C16H23ClN2O4. The van der Waals surface area contributed by atoms with Gasteiger partial charge in [0.2, 0.25) is 5.91 Å². The molecule has 3 atom stereocenters. The molecule has 2 aliphatic heterocycles. The Bertz CT molecular complexity index is 555. The lowest BCUT2D eigenvalue weighted by atomic mass is 10.1. The summed E-state index contributed by atoms with van der Waals surface area (Å²) in [6.45, 7) is 6.33. The minimum Gasteiger partial charge on any atom is -0.486 e. The number of nitrogens with one attached hydrogen (secondary N) is 2. The van der Waals surface area contributed by atoms with Gasteiger partial charge in [0.25, 0.3) is 0 Å². The maximum absolute atomic E-state index is 12.4. The number of rotatable bonds is 3. The fourth-order valence-electron chi connectivity index (χ4n) is 2.74. The summed E-state index contributed by atoms with van der Waals surface area (Å²) in [4.78, 5) is 12.4. The summed E-state index contributed by atoms with van der Waals surface area (Å²) in [5.74, 6) is 1.44. The van der Waals surface area contributed by atoms with Gasteiger partial charge in [-0.25, -0.2) is 0 Å². The number of halogens is 1. The van der Waals surface area contributed by atoms with Gasteiger partial charge in [-0.3, -0.25) is 4.79 Å². The van der Waals surface area contributed by atoms with Crippen molar-refractivity contribution in [3.05, 3.63) is 23.8 Å². The van der Waals surface area contributed by atoms with Crippen LogP contribution in [0.15, 0.2) is 18.2 Å². The minimum atomic E-state index is -0.312. The Kier molecular flexibility index (Phi) is 6.10. The van der Waals surface area contributed by atoms with Gasteiger partial charge < -0.3 is 24.8 Å². The Balaban J connectivity index is 0.00000192. The lowest BCUT2D eigenvalue weighted by molar-refractivity contribution is -0.129. The van der Waals surface area contributed by atoms with Crippen LogP contribution in [-0.4, -0.2) is 44.4 Å². The molecule has 0 radical (unpaired) electrons. The van der Waals surface area contributed by atoms with E-state index >= 15 is 0 Å². The van der Waals surface area contributed by atoms with E-state index in [0.717, 1.165) is 17.1 Å². The predicted octanol–water partition coefficient (Wildman–Crippen LogP) is 1.43. The number of morpholine rings is 1. The van der Waals surface area contributed by atoms with Crippen molar-refractivity contribution in [1.82, 2.24) is 10.6 Å². The number of carbonyl (C=O) groups excluding carboxylic acids is 1. The summed E-state index contributed by atoms with van der Waals surface area (Å²) in [6, 6.07) is 5.34. The van der Waals surface area contributed by atoms with Crippen LogP contribution in [0.1, 0.15) is 25.5 Å². The zero-order valence-corrected chi connectivity index (χ0v) is 14.2. The van der Waals surface area contributed by atoms with Crippen LogP contribution in [0.5, 0.6) is 11.5 Å². The summed E-state index contributed by atoms with van der Waals surface area (Å²) in [7, 11) is 0. The van der Waals surface area contributed by atoms with E-state index in [1.807, 2.05) is 32.0 Å². The molecule has 7 heteroatoms. The van der Waals surface area contributed by atoms with Crippen molar-refractivity contribution in [2.45, 2.75) is 32.0 Å². The molecule has 128 valence electrons. The number of fused-ring (bicyclic) bond motifs is 1. The Morgan fingerprint density at radius 1 is 1.26 bits per heavy atom. The highest BCUT2D eigenvalue weighted by atomic mass is 35.5. The molecular weight excluding hydrogens is 320 g/mol. The molecule has 6 nitrogen and oxygen atoms in total. The molecule has 1 aromatic rings. The molecule has 0 saturated carbocycles. The van der Waals surface area contributed by atoms with Gasteiger partial charge in [-0.05, 0) is 31.5 Å². The Morgan fingerprint density at radius 3 is 2.74 bits per heavy atom. The highest BCUT2D eigenvalue weighted by Crippen LogP contribution is 2.32. The number of ether oxygens (including phenoxy) is 3. The first-order valence-corrected chi connectivity index (χ1v) is 7.70. The first-order valence-electron chi connectivity index (χ1n) is 7.70. The molecule has 2 N–H and O–H groups in total. The summed E-state index contributed by atoms with van der Waals surface area (Å²) < 4.78 is 16.6. The number of carbonyl (C=O) groups is 1. The second-order valence-corrected chi connectivity index (χ2v) is 5.64. The second-order valence-electron chi connectivity index (χ2n) is 5.64. The molecule has 0 bridgehead atoms. The monoisotopic (exact) mass is 342 g/mol. The van der Waals surface area contributed by atoms with E-state index in [9.17, 15) is 4.79 Å². The lowest BCUT2D eigenvalue weighted by Crippen LogP contribution is -2.55. The van der Waals surface area contributed by atoms with Gasteiger partial charge in [0.15, 0.2) is 11.5 Å². The van der Waals surface area contributed by atoms with Crippen LogP contribution >= 0.6 is 12.4 Å². The van der Waals surface area contributed by atoms with Gasteiger partial charge >= 0.3 is 0 Å². The average Bonchev–Trinajstić information content (AvgIpc) is 2.54. The van der Waals surface area contributed by atoms with Gasteiger partial charge in [0.1, 0.15) is 19.3 Å². The van der Waals surface area contributed by atoms with Crippen molar-refractivity contribution in [2.24, 2.45) is 0 Å². The third-order valence-corrected chi connectivity index (χ3v) is 4.02. The van der Waals surface area contributed by atoms with Crippen LogP contribution < -0.4 is 20.1 Å². The highest BCUT2D eigenvalue weighted by molar-refractivity contribution is 5.85. The van der Waals surface area contributed by atoms with Crippen molar-refractivity contribution >= 4 is 18.3 Å². The third kappa shape index (κ3) is 4.07. The van der Waals surface area contributed by atoms with Crippen LogP contribution in [0.3, 0.4) is 0 Å². The first-order chi connectivity index (χ1) is 10.6. The molecule has 0 spiro atoms. The standard InChI is InChI=1S/C16H22N2O4.ClH/c1-10(18-16(19)15-11(2)20-6-5-17-15)12-3-4-13-14(9-12)22-8-7-21-13;/h3-4,9-11,15,17H,5-8H2,1-2H3,(H,18,19);1H/t10?,11-,15+;/m1./s1. The van der Waals surface area contributed by atoms with Crippen molar-refractivity contribution < 1.29 is 19.0 Å². The van der Waals surface area contributed by atoms with E-state index in [-0.39, 0.29) is 36.5 Å². The first kappa shape index (κ1) is 17.8. The quantitative estimate of drug-likeness (QED) is 0.870. The van der Waals surface area contributed by atoms with Crippen LogP contribution in [0.2, 0.25) is 0 Å². The molecule has 2 aliphatic rings. The fraction of sp³-hybridized carbons (Fsp3) is 0.562. The van der Waals surface area contributed by atoms with E-state index in [2.05, 4.69) is 10.6 Å². The van der Waals surface area contributed by atoms with Gasteiger partial charge in [-0.1, -0.05) is 6.07 Å². The highest BCUT2D eigenvalue weighted by Gasteiger charge is 2.29. The minimum absolute atomic E-state index is 0. The van der Waals surface area contributed by atoms with Crippen LogP contribution in [-0.2, 0) is 9.53 Å². The average molecular weight is 343 g/mol. The van der Waals surface area contributed by atoms with Crippen molar-refractivity contribution in [3.8, 4) is 11.5 Å². The molecule has 1 aromatic carbocycles. The maximum Gasteiger partial charge on any atom is 0.240 e. The molecule has 0 aromatic heterocycles. The number of amides is 1. The van der Waals surface area contributed by atoms with Gasteiger partial charge in [0.05, 0.1) is 18.8 Å². The van der Waals surface area contributed by atoms with Crippen LogP contribution in [0, 0.1) is 0 Å². The van der Waals surface area contributed by atoms with Gasteiger partial charge in [-0.15, -0.1) is 12.4 Å². The molecule has 3 rings (SSSR count). The third-order valence-electron chi connectivity index (χ3n) is 4.02. The fourth-order valence-corrected chi connectivity index (χ4v) is 2.74. The summed E-state index contributed by atoms with van der Waals surface area (Å²) in [5, 5.41) is 6.22. The molecule has 23 heavy (non-hydrogen) atoms. The number of hydrogen-bond acceptors (Lipinski definition) is 5. The predicted molar refractivity (Wildman–Crippen MR) is 88.4 cm³/mol. The van der Waals surface area contributed by atoms with E-state index < -0.39 is 0 Å². The zero-order valence-electron chi connectivity index (χ0n) is 13.3. The second kappa shape index (κ2) is 7.86. The van der Waals surface area contributed by atoms with Crippen LogP contribution in [0.4, 0.5) is 0 Å². The lowest BCUT2D eigenvalue weighted by Gasteiger charge is -2.30. The normalized spacial score (nSPS) is 24.3. The summed E-state index contributed by atoms with van der Waals surface area (Å²) >= 11 is 0. The summed E-state index contributed by atoms with van der Waals surface area (Å²) in [5.41, 5.74) is 0.988. The topological polar surface area (TPSA) is 68.8 Å². The Labute approximate surface area is 142 Å².